The van der Waals surface area contributed by atoms with Crippen LogP contribution in [0.5, 0.6) is 0 Å². The van der Waals surface area contributed by atoms with Gasteiger partial charge in [0.25, 0.3) is 0 Å². The van der Waals surface area contributed by atoms with E-state index in [0.717, 1.165) is 18.1 Å². The van der Waals surface area contributed by atoms with Gasteiger partial charge in [-0.1, -0.05) is 25.7 Å². The van der Waals surface area contributed by atoms with E-state index >= 15 is 0 Å². The summed E-state index contributed by atoms with van der Waals surface area (Å²) in [6.07, 6.45) is 8.30. The van der Waals surface area contributed by atoms with Gasteiger partial charge in [-0.25, -0.2) is 4.98 Å². The first-order valence-electron chi connectivity index (χ1n) is 5.46. The van der Waals surface area contributed by atoms with Crippen LogP contribution in [0.1, 0.15) is 50.3 Å². The normalized spacial score (nSPS) is 20.1. The largest absolute Gasteiger partial charge is 0.444 e. The predicted octanol–water partition coefficient (Wildman–Crippen LogP) is 2.43. The summed E-state index contributed by atoms with van der Waals surface area (Å²) in [4.78, 5) is 4.17. The molecule has 0 saturated heterocycles. The van der Waals surface area contributed by atoms with Crippen molar-refractivity contribution in [2.75, 3.05) is 0 Å². The molecule has 1 saturated carbocycles. The van der Waals surface area contributed by atoms with Gasteiger partial charge in [0.2, 0.25) is 5.89 Å². The second kappa shape index (κ2) is 4.13. The van der Waals surface area contributed by atoms with E-state index in [-0.39, 0.29) is 6.04 Å². The molecule has 1 heterocycles. The van der Waals surface area contributed by atoms with Crippen molar-refractivity contribution in [1.29, 1.82) is 0 Å². The maximum Gasteiger partial charge on any atom is 0.210 e. The van der Waals surface area contributed by atoms with E-state index in [4.69, 9.17) is 10.2 Å². The van der Waals surface area contributed by atoms with Crippen molar-refractivity contribution in [3.63, 3.8) is 0 Å². The SMILES string of the molecule is CC(N)c1ncc(CC2CCCC2)o1. The molecule has 3 heteroatoms. The van der Waals surface area contributed by atoms with Crippen LogP contribution in [-0.2, 0) is 6.42 Å². The minimum absolute atomic E-state index is 0.0904. The fraction of sp³-hybridized carbons (Fsp3) is 0.727. The molecule has 0 radical (unpaired) electrons. The van der Waals surface area contributed by atoms with Gasteiger partial charge in [-0.3, -0.25) is 0 Å². The smallest absolute Gasteiger partial charge is 0.210 e. The van der Waals surface area contributed by atoms with Crippen LogP contribution in [0.3, 0.4) is 0 Å². The number of hydrogen-bond donors (Lipinski definition) is 1. The van der Waals surface area contributed by atoms with Crippen LogP contribution in [0.25, 0.3) is 0 Å². The first-order valence-corrected chi connectivity index (χ1v) is 5.46. The van der Waals surface area contributed by atoms with Gasteiger partial charge in [0.15, 0.2) is 0 Å². The standard InChI is InChI=1S/C11H18N2O/c1-8(12)11-13-7-10(14-11)6-9-4-2-3-5-9/h7-9H,2-6,12H2,1H3. The van der Waals surface area contributed by atoms with Gasteiger partial charge in [0, 0.05) is 6.42 Å². The summed E-state index contributed by atoms with van der Waals surface area (Å²) in [7, 11) is 0. The number of nitrogens with two attached hydrogens (primary N) is 1. The maximum atomic E-state index is 5.68. The van der Waals surface area contributed by atoms with Crippen LogP contribution in [-0.4, -0.2) is 4.98 Å². The minimum Gasteiger partial charge on any atom is -0.444 e. The van der Waals surface area contributed by atoms with E-state index in [1.807, 2.05) is 13.1 Å². The number of oxazole rings is 1. The van der Waals surface area contributed by atoms with Gasteiger partial charge in [0.05, 0.1) is 12.2 Å². The Balaban J connectivity index is 1.95. The van der Waals surface area contributed by atoms with E-state index in [1.54, 1.807) is 0 Å². The van der Waals surface area contributed by atoms with Crippen molar-refractivity contribution in [2.24, 2.45) is 11.7 Å². The third-order valence-corrected chi connectivity index (χ3v) is 2.93. The molecule has 0 aliphatic heterocycles. The second-order valence-corrected chi connectivity index (χ2v) is 4.31. The van der Waals surface area contributed by atoms with Gasteiger partial charge in [0.1, 0.15) is 5.76 Å². The van der Waals surface area contributed by atoms with E-state index in [9.17, 15) is 0 Å². The monoisotopic (exact) mass is 194 g/mol. The first kappa shape index (κ1) is 9.71. The molecule has 3 nitrogen and oxygen atoms in total. The Kier molecular flexibility index (Phi) is 2.87. The van der Waals surface area contributed by atoms with Gasteiger partial charge in [-0.2, -0.15) is 0 Å². The molecule has 2 N–H and O–H groups in total. The molecule has 1 atom stereocenters. The van der Waals surface area contributed by atoms with E-state index in [0.29, 0.717) is 5.89 Å². The van der Waals surface area contributed by atoms with Crippen LogP contribution >= 0.6 is 0 Å². The van der Waals surface area contributed by atoms with Crippen LogP contribution < -0.4 is 5.73 Å². The summed E-state index contributed by atoms with van der Waals surface area (Å²) in [5.74, 6) is 2.48. The van der Waals surface area contributed by atoms with Crippen molar-refractivity contribution < 1.29 is 4.42 Å². The third kappa shape index (κ3) is 2.15. The highest BCUT2D eigenvalue weighted by Gasteiger charge is 2.18. The van der Waals surface area contributed by atoms with E-state index < -0.39 is 0 Å². The molecule has 0 amide bonds. The molecular weight excluding hydrogens is 176 g/mol. The molecule has 1 fully saturated rings. The highest BCUT2D eigenvalue weighted by atomic mass is 16.4. The number of nitrogens with zero attached hydrogens (tertiary/aromatic N) is 1. The highest BCUT2D eigenvalue weighted by Crippen LogP contribution is 2.28. The zero-order valence-corrected chi connectivity index (χ0v) is 8.70. The fourth-order valence-corrected chi connectivity index (χ4v) is 2.13. The summed E-state index contributed by atoms with van der Waals surface area (Å²) in [5, 5.41) is 0. The van der Waals surface area contributed by atoms with Crippen LogP contribution in [0, 0.1) is 5.92 Å². The second-order valence-electron chi connectivity index (χ2n) is 4.31. The maximum absolute atomic E-state index is 5.68. The summed E-state index contributed by atoms with van der Waals surface area (Å²) >= 11 is 0. The van der Waals surface area contributed by atoms with Crippen LogP contribution in [0.15, 0.2) is 10.6 Å². The molecule has 1 aliphatic rings. The van der Waals surface area contributed by atoms with Crippen molar-refractivity contribution in [2.45, 2.75) is 45.1 Å². The van der Waals surface area contributed by atoms with Crippen LogP contribution in [0.2, 0.25) is 0 Å². The van der Waals surface area contributed by atoms with Crippen molar-refractivity contribution in [1.82, 2.24) is 4.98 Å². The Morgan fingerprint density at radius 3 is 2.86 bits per heavy atom. The Morgan fingerprint density at radius 1 is 1.57 bits per heavy atom. The molecule has 0 aromatic carbocycles. The lowest BCUT2D eigenvalue weighted by atomic mass is 10.0. The molecule has 2 rings (SSSR count). The lowest BCUT2D eigenvalue weighted by molar-refractivity contribution is 0.400. The third-order valence-electron chi connectivity index (χ3n) is 2.93. The molecule has 1 aromatic heterocycles. The highest BCUT2D eigenvalue weighted by molar-refractivity contribution is 4.98. The molecule has 1 unspecified atom stereocenters. The molecular formula is C11H18N2O. The molecule has 1 aromatic rings. The van der Waals surface area contributed by atoms with E-state index in [1.165, 1.54) is 25.7 Å². The summed E-state index contributed by atoms with van der Waals surface area (Å²) in [6, 6.07) is -0.0904. The molecule has 0 spiro atoms. The Labute approximate surface area is 84.7 Å². The van der Waals surface area contributed by atoms with Crippen molar-refractivity contribution >= 4 is 0 Å². The Bertz CT molecular complexity index is 287. The molecule has 14 heavy (non-hydrogen) atoms. The number of hydrogen-bond acceptors (Lipinski definition) is 3. The first-order chi connectivity index (χ1) is 6.75. The lowest BCUT2D eigenvalue weighted by Crippen LogP contribution is -2.04. The molecule has 0 bridgehead atoms. The van der Waals surface area contributed by atoms with Gasteiger partial charge < -0.3 is 10.2 Å². The van der Waals surface area contributed by atoms with Gasteiger partial charge in [-0.15, -0.1) is 0 Å². The van der Waals surface area contributed by atoms with Crippen LogP contribution in [0.4, 0.5) is 0 Å². The van der Waals surface area contributed by atoms with Crippen molar-refractivity contribution in [3.8, 4) is 0 Å². The molecule has 1 aliphatic carbocycles. The summed E-state index contributed by atoms with van der Waals surface area (Å²) in [5.41, 5.74) is 5.68. The predicted molar refractivity (Wildman–Crippen MR) is 54.8 cm³/mol. The van der Waals surface area contributed by atoms with Gasteiger partial charge in [-0.05, 0) is 12.8 Å². The number of aromatic nitrogens is 1. The number of rotatable bonds is 3. The fourth-order valence-electron chi connectivity index (χ4n) is 2.13. The van der Waals surface area contributed by atoms with E-state index in [2.05, 4.69) is 4.98 Å². The summed E-state index contributed by atoms with van der Waals surface area (Å²) < 4.78 is 5.57. The topological polar surface area (TPSA) is 52.0 Å². The zero-order valence-electron chi connectivity index (χ0n) is 8.70. The Morgan fingerprint density at radius 2 is 2.29 bits per heavy atom. The lowest BCUT2D eigenvalue weighted by Gasteiger charge is -2.04. The average molecular weight is 194 g/mol. The molecule has 78 valence electrons. The quantitative estimate of drug-likeness (QED) is 0.804. The van der Waals surface area contributed by atoms with Gasteiger partial charge >= 0.3 is 0 Å². The Hall–Kier alpha value is -0.830. The van der Waals surface area contributed by atoms with Crippen molar-refractivity contribution in [3.05, 3.63) is 17.8 Å². The zero-order chi connectivity index (χ0) is 9.97. The summed E-state index contributed by atoms with van der Waals surface area (Å²) in [6.45, 7) is 1.89. The minimum atomic E-state index is -0.0904. The average Bonchev–Trinajstić information content (AvgIpc) is 2.75.